The SMILES string of the molecule is CCCC1=Cc2c(cccc2-c2ccccn2)C1. The number of nitrogens with zero attached hydrogens (tertiary/aromatic N) is 1. The number of hydrogen-bond donors (Lipinski definition) is 0. The second-order valence-corrected chi connectivity index (χ2v) is 4.82. The Hall–Kier alpha value is -1.89. The van der Waals surface area contributed by atoms with Gasteiger partial charge in [0.05, 0.1) is 5.69 Å². The molecule has 0 atom stereocenters. The topological polar surface area (TPSA) is 12.9 Å². The zero-order chi connectivity index (χ0) is 12.4. The molecule has 1 aliphatic carbocycles. The number of hydrogen-bond acceptors (Lipinski definition) is 1. The molecule has 0 saturated carbocycles. The van der Waals surface area contributed by atoms with E-state index in [-0.39, 0.29) is 0 Å². The first-order valence-electron chi connectivity index (χ1n) is 6.61. The number of benzene rings is 1. The zero-order valence-corrected chi connectivity index (χ0v) is 10.7. The zero-order valence-electron chi connectivity index (χ0n) is 10.7. The predicted molar refractivity (Wildman–Crippen MR) is 76.3 cm³/mol. The normalized spacial score (nSPS) is 13.3. The Balaban J connectivity index is 2.06. The smallest absolute Gasteiger partial charge is 0.0708 e. The van der Waals surface area contributed by atoms with E-state index in [1.54, 1.807) is 5.57 Å². The molecule has 90 valence electrons. The number of pyridine rings is 1. The highest BCUT2D eigenvalue weighted by Gasteiger charge is 2.16. The fraction of sp³-hybridized carbons (Fsp3) is 0.235. The monoisotopic (exact) mass is 235 g/mol. The third-order valence-corrected chi connectivity index (χ3v) is 3.47. The van der Waals surface area contributed by atoms with Crippen LogP contribution in [0, 0.1) is 0 Å². The number of rotatable bonds is 3. The molecule has 3 rings (SSSR count). The molecule has 0 unspecified atom stereocenters. The maximum Gasteiger partial charge on any atom is 0.0708 e. The highest BCUT2D eigenvalue weighted by molar-refractivity contribution is 5.79. The van der Waals surface area contributed by atoms with Crippen molar-refractivity contribution >= 4 is 6.08 Å². The second kappa shape index (κ2) is 4.77. The van der Waals surface area contributed by atoms with Gasteiger partial charge in [-0.1, -0.05) is 49.3 Å². The van der Waals surface area contributed by atoms with Crippen LogP contribution < -0.4 is 0 Å². The van der Waals surface area contributed by atoms with Crippen LogP contribution in [0.15, 0.2) is 48.2 Å². The molecule has 0 radical (unpaired) electrons. The highest BCUT2D eigenvalue weighted by atomic mass is 14.7. The van der Waals surface area contributed by atoms with E-state index < -0.39 is 0 Å². The van der Waals surface area contributed by atoms with Crippen LogP contribution in [-0.2, 0) is 6.42 Å². The van der Waals surface area contributed by atoms with Gasteiger partial charge in [0.25, 0.3) is 0 Å². The van der Waals surface area contributed by atoms with Gasteiger partial charge in [0.15, 0.2) is 0 Å². The fourth-order valence-corrected chi connectivity index (χ4v) is 2.66. The standard InChI is InChI=1S/C17H17N/c1-2-6-13-11-14-7-5-8-15(16(14)12-13)17-9-3-4-10-18-17/h3-5,7-10,12H,2,6,11H2,1H3. The molecule has 0 amide bonds. The second-order valence-electron chi connectivity index (χ2n) is 4.82. The van der Waals surface area contributed by atoms with Crippen molar-refractivity contribution in [1.82, 2.24) is 4.98 Å². The summed E-state index contributed by atoms with van der Waals surface area (Å²) < 4.78 is 0. The van der Waals surface area contributed by atoms with Crippen molar-refractivity contribution in [3.63, 3.8) is 0 Å². The van der Waals surface area contributed by atoms with Crippen LogP contribution in [0.2, 0.25) is 0 Å². The van der Waals surface area contributed by atoms with Gasteiger partial charge in [0.2, 0.25) is 0 Å². The average molecular weight is 235 g/mol. The minimum atomic E-state index is 1.07. The average Bonchev–Trinajstić information content (AvgIpc) is 2.82. The van der Waals surface area contributed by atoms with Crippen molar-refractivity contribution in [3.05, 3.63) is 59.3 Å². The Bertz CT molecular complexity index is 582. The molecule has 18 heavy (non-hydrogen) atoms. The van der Waals surface area contributed by atoms with Gasteiger partial charge in [-0.15, -0.1) is 0 Å². The first kappa shape index (κ1) is 11.2. The third kappa shape index (κ3) is 1.97. The fourth-order valence-electron chi connectivity index (χ4n) is 2.66. The number of fused-ring (bicyclic) bond motifs is 1. The quantitative estimate of drug-likeness (QED) is 0.764. The molecule has 1 heteroatoms. The van der Waals surface area contributed by atoms with E-state index in [1.165, 1.54) is 29.5 Å². The van der Waals surface area contributed by atoms with Crippen molar-refractivity contribution < 1.29 is 0 Å². The molecule has 1 heterocycles. The number of allylic oxidation sites excluding steroid dienone is 1. The van der Waals surface area contributed by atoms with Gasteiger partial charge in [0.1, 0.15) is 0 Å². The predicted octanol–water partition coefficient (Wildman–Crippen LogP) is 4.49. The van der Waals surface area contributed by atoms with Crippen LogP contribution in [0.3, 0.4) is 0 Å². The molecule has 1 aromatic carbocycles. The van der Waals surface area contributed by atoms with E-state index >= 15 is 0 Å². The summed E-state index contributed by atoms with van der Waals surface area (Å²) in [5.41, 5.74) is 6.71. The molecule has 1 nitrogen and oxygen atoms in total. The molecule has 2 aromatic rings. The van der Waals surface area contributed by atoms with Gasteiger partial charge in [-0.25, -0.2) is 0 Å². The minimum Gasteiger partial charge on any atom is -0.256 e. The van der Waals surface area contributed by atoms with Crippen LogP contribution in [0.4, 0.5) is 0 Å². The molecule has 0 bridgehead atoms. The molecule has 0 fully saturated rings. The van der Waals surface area contributed by atoms with Crippen LogP contribution in [0.1, 0.15) is 30.9 Å². The van der Waals surface area contributed by atoms with E-state index in [2.05, 4.69) is 42.2 Å². The first-order chi connectivity index (χ1) is 8.88. The molecule has 1 aliphatic rings. The van der Waals surface area contributed by atoms with Crippen molar-refractivity contribution in [2.24, 2.45) is 0 Å². The molecule has 0 N–H and O–H groups in total. The first-order valence-corrected chi connectivity index (χ1v) is 6.61. The summed E-state index contributed by atoms with van der Waals surface area (Å²) in [5, 5.41) is 0. The summed E-state index contributed by atoms with van der Waals surface area (Å²) in [6.45, 7) is 2.24. The van der Waals surface area contributed by atoms with Crippen LogP contribution >= 0.6 is 0 Å². The summed E-state index contributed by atoms with van der Waals surface area (Å²) in [6, 6.07) is 12.7. The Morgan fingerprint density at radius 1 is 1.11 bits per heavy atom. The third-order valence-electron chi connectivity index (χ3n) is 3.47. The van der Waals surface area contributed by atoms with E-state index in [0.717, 1.165) is 12.1 Å². The lowest BCUT2D eigenvalue weighted by molar-refractivity contribution is 0.886. The summed E-state index contributed by atoms with van der Waals surface area (Å²) >= 11 is 0. The highest BCUT2D eigenvalue weighted by Crippen LogP contribution is 2.34. The maximum atomic E-state index is 4.47. The van der Waals surface area contributed by atoms with Crippen molar-refractivity contribution in [2.45, 2.75) is 26.2 Å². The summed E-state index contributed by atoms with van der Waals surface area (Å²) in [5.74, 6) is 0. The summed E-state index contributed by atoms with van der Waals surface area (Å²) in [4.78, 5) is 4.47. The minimum absolute atomic E-state index is 1.07. The van der Waals surface area contributed by atoms with E-state index in [4.69, 9.17) is 0 Å². The molecular weight excluding hydrogens is 218 g/mol. The molecule has 0 saturated heterocycles. The van der Waals surface area contributed by atoms with Crippen LogP contribution in [0.5, 0.6) is 0 Å². The largest absolute Gasteiger partial charge is 0.256 e. The lowest BCUT2D eigenvalue weighted by Crippen LogP contribution is -1.89. The van der Waals surface area contributed by atoms with Gasteiger partial charge in [-0.05, 0) is 36.1 Å². The van der Waals surface area contributed by atoms with Gasteiger partial charge in [-0.2, -0.15) is 0 Å². The van der Waals surface area contributed by atoms with Crippen molar-refractivity contribution in [1.29, 1.82) is 0 Å². The summed E-state index contributed by atoms with van der Waals surface area (Å²) in [7, 11) is 0. The van der Waals surface area contributed by atoms with Crippen LogP contribution in [0.25, 0.3) is 17.3 Å². The molecule has 0 aliphatic heterocycles. The molecule has 0 spiro atoms. The van der Waals surface area contributed by atoms with Crippen molar-refractivity contribution in [2.75, 3.05) is 0 Å². The number of aromatic nitrogens is 1. The lowest BCUT2D eigenvalue weighted by atomic mass is 10.0. The van der Waals surface area contributed by atoms with Gasteiger partial charge in [-0.3, -0.25) is 4.98 Å². The summed E-state index contributed by atoms with van der Waals surface area (Å²) in [6.07, 6.45) is 7.77. The Labute approximate surface area is 108 Å². The lowest BCUT2D eigenvalue weighted by Gasteiger charge is -2.06. The van der Waals surface area contributed by atoms with Gasteiger partial charge < -0.3 is 0 Å². The maximum absolute atomic E-state index is 4.47. The molecular formula is C17H17N. The van der Waals surface area contributed by atoms with Gasteiger partial charge >= 0.3 is 0 Å². The van der Waals surface area contributed by atoms with E-state index in [0.29, 0.717) is 0 Å². The molecule has 1 aromatic heterocycles. The van der Waals surface area contributed by atoms with E-state index in [9.17, 15) is 0 Å². The van der Waals surface area contributed by atoms with Gasteiger partial charge in [0, 0.05) is 11.8 Å². The van der Waals surface area contributed by atoms with Crippen LogP contribution in [-0.4, -0.2) is 4.98 Å². The van der Waals surface area contributed by atoms with E-state index in [1.807, 2.05) is 18.3 Å². The van der Waals surface area contributed by atoms with Crippen molar-refractivity contribution in [3.8, 4) is 11.3 Å². The Morgan fingerprint density at radius 3 is 2.83 bits per heavy atom. The Kier molecular flexibility index (Phi) is 2.97. The Morgan fingerprint density at radius 2 is 2.06 bits per heavy atom.